The number of nitrogens with two attached hydrogens (primary N) is 1. The lowest BCUT2D eigenvalue weighted by Gasteiger charge is -2.24. The van der Waals surface area contributed by atoms with Crippen LogP contribution in [0.25, 0.3) is 0 Å². The lowest BCUT2D eigenvalue weighted by atomic mass is 10.1. The number of piperidine rings is 1. The summed E-state index contributed by atoms with van der Waals surface area (Å²) in [6.45, 7) is 2.18. The highest BCUT2D eigenvalue weighted by Gasteiger charge is 2.38. The number of nitrogens with zero attached hydrogens (tertiary/aromatic N) is 1. The molecular formula is C12H17F3N4O2. The molecule has 0 radical (unpaired) electrons. The van der Waals surface area contributed by atoms with Gasteiger partial charge in [0, 0.05) is 6.04 Å². The summed E-state index contributed by atoms with van der Waals surface area (Å²) in [5.41, 5.74) is 6.27. The van der Waals surface area contributed by atoms with Gasteiger partial charge in [-0.15, -0.1) is 0 Å². The highest BCUT2D eigenvalue weighted by molar-refractivity contribution is 5.73. The van der Waals surface area contributed by atoms with Gasteiger partial charge in [-0.05, 0) is 38.1 Å². The Morgan fingerprint density at radius 3 is 2.38 bits per heavy atom. The van der Waals surface area contributed by atoms with Crippen LogP contribution in [0.1, 0.15) is 12.8 Å². The fourth-order valence-corrected chi connectivity index (χ4v) is 1.67. The number of hydrogen-bond donors (Lipinski definition) is 4. The van der Waals surface area contributed by atoms with Gasteiger partial charge in [-0.3, -0.25) is 0 Å². The van der Waals surface area contributed by atoms with Gasteiger partial charge < -0.3 is 21.5 Å². The molecule has 1 aromatic heterocycles. The predicted molar refractivity (Wildman–Crippen MR) is 71.9 cm³/mol. The van der Waals surface area contributed by atoms with Crippen molar-refractivity contribution in [2.24, 2.45) is 0 Å². The molecule has 0 spiro atoms. The van der Waals surface area contributed by atoms with E-state index in [1.165, 1.54) is 0 Å². The van der Waals surface area contributed by atoms with Crippen LogP contribution < -0.4 is 16.4 Å². The Labute approximate surface area is 119 Å². The predicted octanol–water partition coefficient (Wildman–Crippen LogP) is 1.46. The topological polar surface area (TPSA) is 100 Å². The lowest BCUT2D eigenvalue weighted by molar-refractivity contribution is -0.192. The molecule has 1 saturated heterocycles. The summed E-state index contributed by atoms with van der Waals surface area (Å²) < 4.78 is 31.7. The second kappa shape index (κ2) is 7.67. The molecule has 1 aromatic rings. The van der Waals surface area contributed by atoms with E-state index in [0.717, 1.165) is 31.7 Å². The summed E-state index contributed by atoms with van der Waals surface area (Å²) in [6.07, 6.45) is -1.08. The average molecular weight is 306 g/mol. The van der Waals surface area contributed by atoms with E-state index < -0.39 is 12.1 Å². The fourth-order valence-electron chi connectivity index (χ4n) is 1.67. The standard InChI is InChI=1S/C10H16N4.C2HF3O2/c11-8-1-2-10(13-7-8)14-9-3-5-12-6-4-9;3-2(4,5)1(6)7/h1-2,7,9,12H,3-6,11H2,(H,13,14);(H,6,7). The normalized spacial score (nSPS) is 15.8. The van der Waals surface area contributed by atoms with E-state index in [1.807, 2.05) is 12.1 Å². The summed E-state index contributed by atoms with van der Waals surface area (Å²) in [7, 11) is 0. The van der Waals surface area contributed by atoms with Gasteiger partial charge in [-0.1, -0.05) is 0 Å². The Bertz CT molecular complexity index is 445. The van der Waals surface area contributed by atoms with Crippen molar-refractivity contribution in [3.63, 3.8) is 0 Å². The van der Waals surface area contributed by atoms with Gasteiger partial charge in [0.2, 0.25) is 0 Å². The van der Waals surface area contributed by atoms with Gasteiger partial charge in [0.05, 0.1) is 11.9 Å². The van der Waals surface area contributed by atoms with Gasteiger partial charge in [0.15, 0.2) is 0 Å². The van der Waals surface area contributed by atoms with E-state index in [9.17, 15) is 13.2 Å². The van der Waals surface area contributed by atoms with Crippen LogP contribution in [0.2, 0.25) is 0 Å². The minimum absolute atomic E-state index is 0.548. The number of halogens is 3. The number of carbonyl (C=O) groups is 1. The molecule has 6 nitrogen and oxygen atoms in total. The molecule has 0 unspecified atom stereocenters. The third-order valence-electron chi connectivity index (χ3n) is 2.72. The van der Waals surface area contributed by atoms with Crippen molar-refractivity contribution in [3.05, 3.63) is 18.3 Å². The van der Waals surface area contributed by atoms with Crippen LogP contribution in [0.15, 0.2) is 18.3 Å². The Hall–Kier alpha value is -2.03. The van der Waals surface area contributed by atoms with Crippen molar-refractivity contribution in [3.8, 4) is 0 Å². The number of carboxylic acids is 1. The highest BCUT2D eigenvalue weighted by Crippen LogP contribution is 2.13. The van der Waals surface area contributed by atoms with Crippen LogP contribution in [0, 0.1) is 0 Å². The zero-order chi connectivity index (χ0) is 15.9. The van der Waals surface area contributed by atoms with Gasteiger partial charge >= 0.3 is 12.1 Å². The van der Waals surface area contributed by atoms with Crippen LogP contribution >= 0.6 is 0 Å². The maximum atomic E-state index is 10.6. The molecule has 118 valence electrons. The van der Waals surface area contributed by atoms with Crippen molar-refractivity contribution in [2.75, 3.05) is 24.1 Å². The number of nitrogens with one attached hydrogen (secondary N) is 2. The second-order valence-corrected chi connectivity index (χ2v) is 4.45. The maximum absolute atomic E-state index is 10.6. The number of anilines is 2. The first kappa shape index (κ1) is 17.0. The molecule has 0 aromatic carbocycles. The number of hydrogen-bond acceptors (Lipinski definition) is 5. The minimum Gasteiger partial charge on any atom is -0.475 e. The number of carboxylic acid groups (broad SMARTS) is 1. The number of pyridine rings is 1. The quantitative estimate of drug-likeness (QED) is 0.660. The molecule has 0 amide bonds. The zero-order valence-corrected chi connectivity index (χ0v) is 11.2. The smallest absolute Gasteiger partial charge is 0.475 e. The molecule has 0 aliphatic carbocycles. The van der Waals surface area contributed by atoms with E-state index in [-0.39, 0.29) is 0 Å². The minimum atomic E-state index is -5.08. The van der Waals surface area contributed by atoms with Crippen LogP contribution in [-0.4, -0.2) is 41.4 Å². The summed E-state index contributed by atoms with van der Waals surface area (Å²) in [6, 6.07) is 4.35. The first-order valence-corrected chi connectivity index (χ1v) is 6.28. The lowest BCUT2D eigenvalue weighted by Crippen LogP contribution is -2.35. The second-order valence-electron chi connectivity index (χ2n) is 4.45. The first-order valence-electron chi connectivity index (χ1n) is 6.28. The molecule has 21 heavy (non-hydrogen) atoms. The number of aliphatic carboxylic acids is 1. The van der Waals surface area contributed by atoms with Crippen molar-refractivity contribution >= 4 is 17.5 Å². The Morgan fingerprint density at radius 2 is 1.95 bits per heavy atom. The van der Waals surface area contributed by atoms with E-state index in [4.69, 9.17) is 15.6 Å². The monoisotopic (exact) mass is 306 g/mol. The highest BCUT2D eigenvalue weighted by atomic mass is 19.4. The molecule has 1 aliphatic heterocycles. The molecule has 2 heterocycles. The van der Waals surface area contributed by atoms with Crippen molar-refractivity contribution in [2.45, 2.75) is 25.1 Å². The Kier molecular flexibility index (Phi) is 6.22. The SMILES string of the molecule is Nc1ccc(NC2CCNCC2)nc1.O=C(O)C(F)(F)F. The summed E-state index contributed by atoms with van der Waals surface area (Å²) in [5, 5.41) is 13.9. The Morgan fingerprint density at radius 1 is 1.38 bits per heavy atom. The van der Waals surface area contributed by atoms with Gasteiger partial charge in [-0.25, -0.2) is 9.78 Å². The van der Waals surface area contributed by atoms with Crippen LogP contribution in [-0.2, 0) is 4.79 Å². The van der Waals surface area contributed by atoms with Crippen LogP contribution in [0.3, 0.4) is 0 Å². The number of alkyl halides is 3. The van der Waals surface area contributed by atoms with Crippen molar-refractivity contribution in [1.29, 1.82) is 0 Å². The third kappa shape index (κ3) is 6.80. The molecule has 0 saturated carbocycles. The van der Waals surface area contributed by atoms with Gasteiger partial charge in [-0.2, -0.15) is 13.2 Å². The molecular weight excluding hydrogens is 289 g/mol. The number of aromatic nitrogens is 1. The summed E-state index contributed by atoms with van der Waals surface area (Å²) in [4.78, 5) is 13.1. The molecule has 0 atom stereocenters. The zero-order valence-electron chi connectivity index (χ0n) is 11.2. The summed E-state index contributed by atoms with van der Waals surface area (Å²) in [5.74, 6) is -1.83. The van der Waals surface area contributed by atoms with Gasteiger partial charge in [0.25, 0.3) is 0 Å². The van der Waals surface area contributed by atoms with E-state index in [2.05, 4.69) is 15.6 Å². The molecule has 0 bridgehead atoms. The van der Waals surface area contributed by atoms with Crippen LogP contribution in [0.5, 0.6) is 0 Å². The van der Waals surface area contributed by atoms with E-state index in [1.54, 1.807) is 6.20 Å². The average Bonchev–Trinajstić information content (AvgIpc) is 2.42. The largest absolute Gasteiger partial charge is 0.490 e. The number of rotatable bonds is 2. The molecule has 1 fully saturated rings. The van der Waals surface area contributed by atoms with E-state index in [0.29, 0.717) is 11.7 Å². The molecule has 2 rings (SSSR count). The fraction of sp³-hybridized carbons (Fsp3) is 0.500. The van der Waals surface area contributed by atoms with Gasteiger partial charge in [0.1, 0.15) is 5.82 Å². The van der Waals surface area contributed by atoms with Crippen molar-refractivity contribution < 1.29 is 23.1 Å². The molecule has 1 aliphatic rings. The number of nitrogen functional groups attached to an aromatic ring is 1. The molecule has 9 heteroatoms. The third-order valence-corrected chi connectivity index (χ3v) is 2.72. The summed E-state index contributed by atoms with van der Waals surface area (Å²) >= 11 is 0. The van der Waals surface area contributed by atoms with Crippen molar-refractivity contribution in [1.82, 2.24) is 10.3 Å². The first-order chi connectivity index (χ1) is 9.79. The van der Waals surface area contributed by atoms with E-state index >= 15 is 0 Å². The van der Waals surface area contributed by atoms with Crippen LogP contribution in [0.4, 0.5) is 24.7 Å². The Balaban J connectivity index is 0.000000270. The molecule has 5 N–H and O–H groups in total. The maximum Gasteiger partial charge on any atom is 0.490 e.